The molecule has 0 radical (unpaired) electrons. The van der Waals surface area contributed by atoms with Crippen molar-refractivity contribution in [2.75, 3.05) is 7.11 Å². The fourth-order valence-electron chi connectivity index (χ4n) is 1.98. The van der Waals surface area contributed by atoms with Gasteiger partial charge in [0.1, 0.15) is 11.3 Å². The molecule has 5 heteroatoms. The average molecular weight is 254 g/mol. The highest BCUT2D eigenvalue weighted by atomic mass is 16.5. The van der Waals surface area contributed by atoms with Gasteiger partial charge in [0.15, 0.2) is 0 Å². The fraction of sp³-hybridized carbons (Fsp3) is 0.0714. The highest BCUT2D eigenvalue weighted by Gasteiger charge is 2.11. The number of methoxy groups -OCH3 is 1. The van der Waals surface area contributed by atoms with Crippen LogP contribution in [-0.2, 0) is 0 Å². The molecule has 1 N–H and O–H groups in total. The first kappa shape index (κ1) is 11.4. The third kappa shape index (κ3) is 1.85. The largest absolute Gasteiger partial charge is 0.497 e. The molecule has 3 rings (SSSR count). The summed E-state index contributed by atoms with van der Waals surface area (Å²) in [5.74, 6) is -0.316. The van der Waals surface area contributed by atoms with Crippen LogP contribution in [0, 0.1) is 0 Å². The number of rotatable bonds is 2. The topological polar surface area (TPSA) is 72.3 Å². The van der Waals surface area contributed by atoms with Crippen molar-refractivity contribution >= 4 is 28.0 Å². The molecule has 0 aliphatic heterocycles. The molecule has 0 atom stereocenters. The molecule has 0 spiro atoms. The number of aromatic nitrogens is 2. The maximum Gasteiger partial charge on any atom is 0.337 e. The standard InChI is InChI=1S/C14H10N2O3/c1-19-8-5-6-10-12(7-8)15-11-4-2-3-9(14(17)18)13(11)16-10/h2-7H,1H3,(H,17,18). The van der Waals surface area contributed by atoms with E-state index in [0.29, 0.717) is 27.8 Å². The molecular weight excluding hydrogens is 244 g/mol. The van der Waals surface area contributed by atoms with Gasteiger partial charge >= 0.3 is 5.97 Å². The monoisotopic (exact) mass is 254 g/mol. The van der Waals surface area contributed by atoms with E-state index in [1.807, 2.05) is 0 Å². The SMILES string of the molecule is COc1ccc2nc3c(C(=O)O)cccc3nc2c1. The Bertz CT molecular complexity index is 799. The Kier molecular flexibility index (Phi) is 2.52. The van der Waals surface area contributed by atoms with Crippen molar-refractivity contribution in [3.63, 3.8) is 0 Å². The summed E-state index contributed by atoms with van der Waals surface area (Å²) in [5, 5.41) is 9.15. The van der Waals surface area contributed by atoms with Crippen LogP contribution >= 0.6 is 0 Å². The van der Waals surface area contributed by atoms with Crippen molar-refractivity contribution < 1.29 is 14.6 Å². The van der Waals surface area contributed by atoms with Gasteiger partial charge in [0.05, 0.1) is 29.2 Å². The lowest BCUT2D eigenvalue weighted by atomic mass is 10.1. The van der Waals surface area contributed by atoms with Gasteiger partial charge in [-0.3, -0.25) is 0 Å². The molecule has 0 aliphatic carbocycles. The molecule has 5 nitrogen and oxygen atoms in total. The van der Waals surface area contributed by atoms with Gasteiger partial charge in [-0.1, -0.05) is 6.07 Å². The quantitative estimate of drug-likeness (QED) is 0.711. The number of carboxylic acids is 1. The van der Waals surface area contributed by atoms with E-state index in [9.17, 15) is 4.79 Å². The Morgan fingerprint density at radius 3 is 2.68 bits per heavy atom. The summed E-state index contributed by atoms with van der Waals surface area (Å²) in [4.78, 5) is 20.0. The van der Waals surface area contributed by atoms with Crippen molar-refractivity contribution in [3.8, 4) is 5.75 Å². The number of benzene rings is 2. The van der Waals surface area contributed by atoms with Gasteiger partial charge < -0.3 is 9.84 Å². The number of ether oxygens (including phenoxy) is 1. The number of para-hydroxylation sites is 1. The van der Waals surface area contributed by atoms with Crippen LogP contribution in [0.4, 0.5) is 0 Å². The molecule has 0 unspecified atom stereocenters. The lowest BCUT2D eigenvalue weighted by Crippen LogP contribution is -2.00. The number of aromatic carboxylic acids is 1. The molecule has 1 aromatic heterocycles. The molecule has 0 saturated heterocycles. The summed E-state index contributed by atoms with van der Waals surface area (Å²) >= 11 is 0. The number of hydrogen-bond acceptors (Lipinski definition) is 4. The molecule has 0 saturated carbocycles. The van der Waals surface area contributed by atoms with Crippen LogP contribution in [0.1, 0.15) is 10.4 Å². The van der Waals surface area contributed by atoms with Crippen LogP contribution in [0.5, 0.6) is 5.75 Å². The minimum absolute atomic E-state index is 0.155. The minimum Gasteiger partial charge on any atom is -0.497 e. The Hall–Kier alpha value is -2.69. The molecule has 1 heterocycles. The predicted molar refractivity (Wildman–Crippen MR) is 70.6 cm³/mol. The molecule has 0 amide bonds. The minimum atomic E-state index is -1.01. The number of hydrogen-bond donors (Lipinski definition) is 1. The summed E-state index contributed by atoms with van der Waals surface area (Å²) in [6.07, 6.45) is 0. The van der Waals surface area contributed by atoms with E-state index in [-0.39, 0.29) is 5.56 Å². The highest BCUT2D eigenvalue weighted by Crippen LogP contribution is 2.22. The first-order chi connectivity index (χ1) is 9.19. The zero-order valence-corrected chi connectivity index (χ0v) is 10.1. The number of fused-ring (bicyclic) bond motifs is 2. The zero-order chi connectivity index (χ0) is 13.4. The van der Waals surface area contributed by atoms with Crippen molar-refractivity contribution in [3.05, 3.63) is 42.0 Å². The van der Waals surface area contributed by atoms with Crippen LogP contribution in [0.25, 0.3) is 22.1 Å². The molecule has 2 aromatic carbocycles. The number of carbonyl (C=O) groups is 1. The fourth-order valence-corrected chi connectivity index (χ4v) is 1.98. The van der Waals surface area contributed by atoms with Gasteiger partial charge in [-0.05, 0) is 24.3 Å². The van der Waals surface area contributed by atoms with Crippen molar-refractivity contribution in [2.45, 2.75) is 0 Å². The molecular formula is C14H10N2O3. The van der Waals surface area contributed by atoms with E-state index in [2.05, 4.69) is 9.97 Å². The molecule has 0 bridgehead atoms. The second kappa shape index (κ2) is 4.20. The van der Waals surface area contributed by atoms with Crippen LogP contribution in [0.2, 0.25) is 0 Å². The van der Waals surface area contributed by atoms with E-state index in [0.717, 1.165) is 0 Å². The van der Waals surface area contributed by atoms with Gasteiger partial charge in [-0.15, -0.1) is 0 Å². The van der Waals surface area contributed by atoms with E-state index in [1.165, 1.54) is 6.07 Å². The van der Waals surface area contributed by atoms with Crippen molar-refractivity contribution in [1.29, 1.82) is 0 Å². The third-order valence-corrected chi connectivity index (χ3v) is 2.90. The van der Waals surface area contributed by atoms with Gasteiger partial charge in [0, 0.05) is 6.07 Å². The van der Waals surface area contributed by atoms with E-state index < -0.39 is 5.97 Å². The van der Waals surface area contributed by atoms with Crippen molar-refractivity contribution in [2.24, 2.45) is 0 Å². The number of nitrogens with zero attached hydrogens (tertiary/aromatic N) is 2. The average Bonchev–Trinajstić information content (AvgIpc) is 2.43. The summed E-state index contributed by atoms with van der Waals surface area (Å²) in [6.45, 7) is 0. The Morgan fingerprint density at radius 1 is 1.11 bits per heavy atom. The van der Waals surface area contributed by atoms with Gasteiger partial charge in [0.25, 0.3) is 0 Å². The van der Waals surface area contributed by atoms with Gasteiger partial charge in [0.2, 0.25) is 0 Å². The lowest BCUT2D eigenvalue weighted by molar-refractivity contribution is 0.0699. The maximum atomic E-state index is 11.2. The normalized spacial score (nSPS) is 10.8. The maximum absolute atomic E-state index is 11.2. The second-order valence-corrected chi connectivity index (χ2v) is 4.06. The zero-order valence-electron chi connectivity index (χ0n) is 10.1. The van der Waals surface area contributed by atoms with Gasteiger partial charge in [-0.2, -0.15) is 0 Å². The summed E-state index contributed by atoms with van der Waals surface area (Å²) in [5.41, 5.74) is 2.42. The highest BCUT2D eigenvalue weighted by molar-refractivity contribution is 6.02. The van der Waals surface area contributed by atoms with E-state index >= 15 is 0 Å². The molecule has 3 aromatic rings. The predicted octanol–water partition coefficient (Wildman–Crippen LogP) is 2.49. The van der Waals surface area contributed by atoms with E-state index in [4.69, 9.17) is 9.84 Å². The Labute approximate surface area is 108 Å². The molecule has 0 aliphatic rings. The second-order valence-electron chi connectivity index (χ2n) is 4.06. The van der Waals surface area contributed by atoms with Crippen LogP contribution < -0.4 is 4.74 Å². The molecule has 19 heavy (non-hydrogen) atoms. The first-order valence-corrected chi connectivity index (χ1v) is 5.67. The van der Waals surface area contributed by atoms with Crippen LogP contribution in [-0.4, -0.2) is 28.2 Å². The number of carboxylic acid groups (broad SMARTS) is 1. The van der Waals surface area contributed by atoms with Crippen molar-refractivity contribution in [1.82, 2.24) is 9.97 Å². The van der Waals surface area contributed by atoms with Gasteiger partial charge in [-0.25, -0.2) is 14.8 Å². The van der Waals surface area contributed by atoms with E-state index in [1.54, 1.807) is 37.4 Å². The molecule has 0 fully saturated rings. The summed E-state index contributed by atoms with van der Waals surface area (Å²) < 4.78 is 5.13. The summed E-state index contributed by atoms with van der Waals surface area (Å²) in [7, 11) is 1.58. The third-order valence-electron chi connectivity index (χ3n) is 2.90. The van der Waals surface area contributed by atoms with Crippen LogP contribution in [0.3, 0.4) is 0 Å². The first-order valence-electron chi connectivity index (χ1n) is 5.67. The molecule has 94 valence electrons. The van der Waals surface area contributed by atoms with Crippen LogP contribution in [0.15, 0.2) is 36.4 Å². The smallest absolute Gasteiger partial charge is 0.337 e. The summed E-state index contributed by atoms with van der Waals surface area (Å²) in [6, 6.07) is 10.2. The Balaban J connectivity index is 2.37. The Morgan fingerprint density at radius 2 is 1.95 bits per heavy atom. The lowest BCUT2D eigenvalue weighted by Gasteiger charge is -2.05.